The van der Waals surface area contributed by atoms with Crippen molar-refractivity contribution in [2.24, 2.45) is 5.10 Å². The molecule has 0 aliphatic heterocycles. The first-order valence-electron chi connectivity index (χ1n) is 8.81. The first-order valence-corrected chi connectivity index (χ1v) is 9.19. The van der Waals surface area contributed by atoms with Crippen molar-refractivity contribution < 1.29 is 13.9 Å². The van der Waals surface area contributed by atoms with E-state index in [1.54, 1.807) is 12.1 Å². The predicted molar refractivity (Wildman–Crippen MR) is 111 cm³/mol. The molecule has 2 aromatic carbocycles. The van der Waals surface area contributed by atoms with E-state index < -0.39 is 0 Å². The SMILES string of the molecule is Cc1ccc(C)c(OCC(=O)N/N=C\c2ccc(-c3cccc(Cl)c3)o2)c1C. The van der Waals surface area contributed by atoms with E-state index in [4.69, 9.17) is 20.8 Å². The number of furan rings is 1. The molecule has 0 aliphatic rings. The van der Waals surface area contributed by atoms with Crippen molar-refractivity contribution in [3.63, 3.8) is 0 Å². The van der Waals surface area contributed by atoms with Gasteiger partial charge in [0.2, 0.25) is 0 Å². The van der Waals surface area contributed by atoms with Gasteiger partial charge in [0.25, 0.3) is 5.91 Å². The van der Waals surface area contributed by atoms with E-state index in [2.05, 4.69) is 10.5 Å². The Morgan fingerprint density at radius 2 is 1.93 bits per heavy atom. The van der Waals surface area contributed by atoms with E-state index in [1.165, 1.54) is 6.21 Å². The van der Waals surface area contributed by atoms with E-state index in [-0.39, 0.29) is 12.5 Å². The molecule has 0 saturated carbocycles. The van der Waals surface area contributed by atoms with Crippen LogP contribution in [0.3, 0.4) is 0 Å². The quantitative estimate of drug-likeness (QED) is 0.468. The largest absolute Gasteiger partial charge is 0.483 e. The van der Waals surface area contributed by atoms with Gasteiger partial charge in [-0.3, -0.25) is 4.79 Å². The molecule has 1 N–H and O–H groups in total. The van der Waals surface area contributed by atoms with Crippen molar-refractivity contribution >= 4 is 23.7 Å². The second-order valence-corrected chi connectivity index (χ2v) is 6.88. The summed E-state index contributed by atoms with van der Waals surface area (Å²) in [5, 5.41) is 4.55. The fourth-order valence-corrected chi connectivity index (χ4v) is 2.89. The van der Waals surface area contributed by atoms with E-state index in [0.29, 0.717) is 16.5 Å². The summed E-state index contributed by atoms with van der Waals surface area (Å²) in [5.74, 6) is 1.57. The van der Waals surface area contributed by atoms with Crippen LogP contribution >= 0.6 is 11.6 Å². The number of hydrazone groups is 1. The molecule has 0 atom stereocenters. The molecule has 1 aromatic heterocycles. The number of amides is 1. The van der Waals surface area contributed by atoms with Gasteiger partial charge < -0.3 is 9.15 Å². The highest BCUT2D eigenvalue weighted by Crippen LogP contribution is 2.26. The topological polar surface area (TPSA) is 63.8 Å². The lowest BCUT2D eigenvalue weighted by atomic mass is 10.1. The number of aryl methyl sites for hydroxylation is 2. The zero-order valence-corrected chi connectivity index (χ0v) is 16.7. The first-order chi connectivity index (χ1) is 13.4. The molecule has 0 bridgehead atoms. The number of hydrogen-bond acceptors (Lipinski definition) is 4. The highest BCUT2D eigenvalue weighted by Gasteiger charge is 2.09. The summed E-state index contributed by atoms with van der Waals surface area (Å²) in [5.41, 5.74) is 6.44. The van der Waals surface area contributed by atoms with Gasteiger partial charge in [-0.05, 0) is 61.7 Å². The lowest BCUT2D eigenvalue weighted by molar-refractivity contribution is -0.123. The maximum absolute atomic E-state index is 12.0. The third kappa shape index (κ3) is 4.81. The van der Waals surface area contributed by atoms with E-state index >= 15 is 0 Å². The van der Waals surface area contributed by atoms with Crippen LogP contribution in [-0.4, -0.2) is 18.7 Å². The summed E-state index contributed by atoms with van der Waals surface area (Å²) in [6.07, 6.45) is 1.44. The van der Waals surface area contributed by atoms with Gasteiger partial charge in [0.15, 0.2) is 6.61 Å². The minimum Gasteiger partial charge on any atom is -0.483 e. The molecule has 28 heavy (non-hydrogen) atoms. The highest BCUT2D eigenvalue weighted by atomic mass is 35.5. The van der Waals surface area contributed by atoms with Crippen LogP contribution in [-0.2, 0) is 4.79 Å². The third-order valence-corrected chi connectivity index (χ3v) is 4.57. The van der Waals surface area contributed by atoms with Gasteiger partial charge >= 0.3 is 0 Å². The number of nitrogens with zero attached hydrogens (tertiary/aromatic N) is 1. The Labute approximate surface area is 169 Å². The third-order valence-electron chi connectivity index (χ3n) is 4.34. The summed E-state index contributed by atoms with van der Waals surface area (Å²) in [4.78, 5) is 12.0. The second kappa shape index (κ2) is 8.76. The lowest BCUT2D eigenvalue weighted by Crippen LogP contribution is -2.25. The summed E-state index contributed by atoms with van der Waals surface area (Å²) in [6, 6.07) is 15.0. The molecule has 5 nitrogen and oxygen atoms in total. The fourth-order valence-electron chi connectivity index (χ4n) is 2.70. The number of hydrogen-bond donors (Lipinski definition) is 1. The summed E-state index contributed by atoms with van der Waals surface area (Å²) >= 11 is 5.99. The van der Waals surface area contributed by atoms with Crippen molar-refractivity contribution in [1.82, 2.24) is 5.43 Å². The predicted octanol–water partition coefficient (Wildman–Crippen LogP) is 5.05. The van der Waals surface area contributed by atoms with Crippen molar-refractivity contribution in [3.8, 4) is 17.1 Å². The van der Waals surface area contributed by atoms with E-state index in [1.807, 2.05) is 57.2 Å². The normalized spacial score (nSPS) is 11.0. The maximum atomic E-state index is 12.0. The zero-order valence-electron chi connectivity index (χ0n) is 16.0. The highest BCUT2D eigenvalue weighted by molar-refractivity contribution is 6.30. The van der Waals surface area contributed by atoms with Crippen LogP contribution in [0.1, 0.15) is 22.5 Å². The van der Waals surface area contributed by atoms with Crippen LogP contribution in [0, 0.1) is 20.8 Å². The molecular formula is C22H21ClN2O3. The minimum atomic E-state index is -0.349. The Hall–Kier alpha value is -3.05. The van der Waals surface area contributed by atoms with Crippen molar-refractivity contribution in [2.45, 2.75) is 20.8 Å². The van der Waals surface area contributed by atoms with Gasteiger partial charge in [0.05, 0.1) is 6.21 Å². The second-order valence-electron chi connectivity index (χ2n) is 6.45. The molecule has 1 heterocycles. The van der Waals surface area contributed by atoms with Crippen LogP contribution in [0.2, 0.25) is 5.02 Å². The van der Waals surface area contributed by atoms with Crippen LogP contribution in [0.25, 0.3) is 11.3 Å². The molecule has 0 saturated heterocycles. The molecule has 0 radical (unpaired) electrons. The molecule has 6 heteroatoms. The average molecular weight is 397 g/mol. The summed E-state index contributed by atoms with van der Waals surface area (Å²) < 4.78 is 11.4. The molecule has 0 unspecified atom stereocenters. The smallest absolute Gasteiger partial charge is 0.277 e. The van der Waals surface area contributed by atoms with Gasteiger partial charge in [-0.2, -0.15) is 5.10 Å². The molecule has 0 fully saturated rings. The number of ether oxygens (including phenoxy) is 1. The molecule has 0 spiro atoms. The Balaban J connectivity index is 1.55. The zero-order chi connectivity index (χ0) is 20.1. The first kappa shape index (κ1) is 19.7. The van der Waals surface area contributed by atoms with Crippen molar-refractivity contribution in [3.05, 3.63) is 76.0 Å². The van der Waals surface area contributed by atoms with Gasteiger partial charge in [0, 0.05) is 10.6 Å². The molecular weight excluding hydrogens is 376 g/mol. The lowest BCUT2D eigenvalue weighted by Gasteiger charge is -2.13. The Bertz CT molecular complexity index is 1020. The van der Waals surface area contributed by atoms with Gasteiger partial charge in [0.1, 0.15) is 17.3 Å². The molecule has 3 aromatic rings. The Kier molecular flexibility index (Phi) is 6.16. The monoisotopic (exact) mass is 396 g/mol. The average Bonchev–Trinajstić information content (AvgIpc) is 3.14. The number of halogens is 1. The van der Waals surface area contributed by atoms with Crippen LogP contribution in [0.15, 0.2) is 58.0 Å². The molecule has 1 amide bonds. The van der Waals surface area contributed by atoms with Gasteiger partial charge in [-0.15, -0.1) is 0 Å². The molecule has 144 valence electrons. The van der Waals surface area contributed by atoms with Gasteiger partial charge in [-0.1, -0.05) is 35.9 Å². The Morgan fingerprint density at radius 3 is 2.71 bits per heavy atom. The van der Waals surface area contributed by atoms with E-state index in [9.17, 15) is 4.79 Å². The fraction of sp³-hybridized carbons (Fsp3) is 0.182. The van der Waals surface area contributed by atoms with E-state index in [0.717, 1.165) is 28.0 Å². The van der Waals surface area contributed by atoms with Crippen LogP contribution < -0.4 is 10.2 Å². The standard InChI is InChI=1S/C22H21ClN2O3/c1-14-7-8-15(2)22(16(14)3)27-13-21(26)25-24-12-19-9-10-20(28-19)17-5-4-6-18(23)11-17/h4-12H,13H2,1-3H3,(H,25,26)/b24-12-. The molecule has 3 rings (SSSR count). The number of benzene rings is 2. The van der Waals surface area contributed by atoms with Gasteiger partial charge in [-0.25, -0.2) is 5.43 Å². The number of carbonyl (C=O) groups excluding carboxylic acids is 1. The number of carbonyl (C=O) groups is 1. The van der Waals surface area contributed by atoms with Crippen LogP contribution in [0.4, 0.5) is 0 Å². The van der Waals surface area contributed by atoms with Crippen molar-refractivity contribution in [2.75, 3.05) is 6.61 Å². The molecule has 0 aliphatic carbocycles. The summed E-state index contributed by atoms with van der Waals surface area (Å²) in [6.45, 7) is 5.82. The number of rotatable bonds is 6. The maximum Gasteiger partial charge on any atom is 0.277 e. The van der Waals surface area contributed by atoms with Crippen LogP contribution in [0.5, 0.6) is 5.75 Å². The summed E-state index contributed by atoms with van der Waals surface area (Å²) in [7, 11) is 0. The van der Waals surface area contributed by atoms with Crippen molar-refractivity contribution in [1.29, 1.82) is 0 Å². The Morgan fingerprint density at radius 1 is 1.14 bits per heavy atom. The number of nitrogens with one attached hydrogen (secondary N) is 1. The minimum absolute atomic E-state index is 0.117.